The Labute approximate surface area is 150 Å². The fourth-order valence-corrected chi connectivity index (χ4v) is 2.86. The molecule has 0 aliphatic heterocycles. The molecule has 0 saturated heterocycles. The number of nitrogens with two attached hydrogens (primary N) is 1. The van der Waals surface area contributed by atoms with Gasteiger partial charge in [-0.1, -0.05) is 23.7 Å². The van der Waals surface area contributed by atoms with Gasteiger partial charge in [0.25, 0.3) is 5.91 Å². The molecule has 0 radical (unpaired) electrons. The van der Waals surface area contributed by atoms with Crippen molar-refractivity contribution in [1.82, 2.24) is 5.32 Å². The van der Waals surface area contributed by atoms with Gasteiger partial charge in [-0.25, -0.2) is 13.6 Å². The zero-order valence-corrected chi connectivity index (χ0v) is 14.8. The van der Waals surface area contributed by atoms with Crippen molar-refractivity contribution in [2.75, 3.05) is 7.11 Å². The van der Waals surface area contributed by atoms with E-state index in [9.17, 15) is 18.3 Å². The summed E-state index contributed by atoms with van der Waals surface area (Å²) in [5, 5.41) is 17.9. The third-order valence-electron chi connectivity index (χ3n) is 3.38. The zero-order chi connectivity index (χ0) is 18.6. The molecular weight excluding hydrogens is 368 g/mol. The minimum absolute atomic E-state index is 0.0292. The fraction of sp³-hybridized carbons (Fsp3) is 0.188. The number of amides is 1. The van der Waals surface area contributed by atoms with Gasteiger partial charge in [0.1, 0.15) is 12.0 Å². The number of rotatable bonds is 6. The molecule has 1 unspecified atom stereocenters. The number of aliphatic hydroxyl groups is 1. The van der Waals surface area contributed by atoms with Crippen LogP contribution in [0.1, 0.15) is 15.9 Å². The summed E-state index contributed by atoms with van der Waals surface area (Å²) in [5.74, 6) is -0.223. The third kappa shape index (κ3) is 5.17. The molecule has 1 amide bonds. The second-order valence-corrected chi connectivity index (χ2v) is 7.22. The van der Waals surface area contributed by atoms with Crippen molar-refractivity contribution in [3.05, 3.63) is 58.6 Å². The maximum atomic E-state index is 12.3. The number of carbonyl (C=O) groups is 1. The van der Waals surface area contributed by atoms with Crippen LogP contribution in [-0.2, 0) is 16.4 Å². The molecular formula is C16H17ClN2O5S. The van der Waals surface area contributed by atoms with Crippen LogP contribution in [0.5, 0.6) is 5.75 Å². The molecule has 0 heterocycles. The maximum Gasteiger partial charge on any atom is 0.257 e. The van der Waals surface area contributed by atoms with Crippen LogP contribution in [0.15, 0.2) is 47.4 Å². The van der Waals surface area contributed by atoms with Crippen molar-refractivity contribution in [2.45, 2.75) is 17.5 Å². The molecule has 2 aromatic carbocycles. The summed E-state index contributed by atoms with van der Waals surface area (Å²) in [4.78, 5) is 12.2. The largest absolute Gasteiger partial charge is 0.496 e. The molecule has 1 atom stereocenters. The average molecular weight is 385 g/mol. The summed E-state index contributed by atoms with van der Waals surface area (Å²) < 4.78 is 27.5. The lowest BCUT2D eigenvalue weighted by atomic mass is 10.1. The van der Waals surface area contributed by atoms with Crippen LogP contribution in [0, 0.1) is 0 Å². The first-order chi connectivity index (χ1) is 11.7. The highest BCUT2D eigenvalue weighted by Gasteiger charge is 2.16. The Hall–Kier alpha value is -2.13. The van der Waals surface area contributed by atoms with Crippen molar-refractivity contribution in [1.29, 1.82) is 0 Å². The number of hydrogen-bond donors (Lipinski definition) is 3. The summed E-state index contributed by atoms with van der Waals surface area (Å²) in [6.45, 7) is 0. The molecule has 0 fully saturated rings. The zero-order valence-electron chi connectivity index (χ0n) is 13.3. The van der Waals surface area contributed by atoms with E-state index in [4.69, 9.17) is 21.5 Å². The van der Waals surface area contributed by atoms with Crippen LogP contribution in [0.2, 0.25) is 5.02 Å². The molecule has 2 aromatic rings. The lowest BCUT2D eigenvalue weighted by molar-refractivity contribution is 0.0782. The van der Waals surface area contributed by atoms with Crippen molar-refractivity contribution in [3.63, 3.8) is 0 Å². The Morgan fingerprint density at radius 3 is 2.48 bits per heavy atom. The van der Waals surface area contributed by atoms with Crippen LogP contribution >= 0.6 is 11.6 Å². The van der Waals surface area contributed by atoms with Crippen molar-refractivity contribution in [2.24, 2.45) is 5.14 Å². The molecule has 4 N–H and O–H groups in total. The SMILES string of the molecule is COc1ccc(Cl)cc1C(=O)NC(O)Cc1ccc(S(N)(=O)=O)cc1. The van der Waals surface area contributed by atoms with E-state index < -0.39 is 22.2 Å². The predicted molar refractivity (Wildman–Crippen MR) is 93.0 cm³/mol. The first-order valence-corrected chi connectivity index (χ1v) is 9.07. The predicted octanol–water partition coefficient (Wildman–Crippen LogP) is 1.29. The maximum absolute atomic E-state index is 12.3. The Morgan fingerprint density at radius 2 is 1.92 bits per heavy atom. The molecule has 0 aliphatic rings. The number of primary sulfonamides is 1. The number of ether oxygens (including phenoxy) is 1. The smallest absolute Gasteiger partial charge is 0.257 e. The molecule has 7 nitrogen and oxygen atoms in total. The second kappa shape index (κ2) is 7.83. The highest BCUT2D eigenvalue weighted by molar-refractivity contribution is 7.89. The minimum atomic E-state index is -3.77. The molecule has 0 aromatic heterocycles. The number of nitrogens with one attached hydrogen (secondary N) is 1. The van der Waals surface area contributed by atoms with Crippen LogP contribution < -0.4 is 15.2 Å². The van der Waals surface area contributed by atoms with Crippen molar-refractivity contribution >= 4 is 27.5 Å². The van der Waals surface area contributed by atoms with E-state index >= 15 is 0 Å². The lowest BCUT2D eigenvalue weighted by Gasteiger charge is -2.15. The number of methoxy groups -OCH3 is 1. The van der Waals surface area contributed by atoms with Gasteiger partial charge >= 0.3 is 0 Å². The van der Waals surface area contributed by atoms with Gasteiger partial charge in [-0.15, -0.1) is 0 Å². The Morgan fingerprint density at radius 1 is 1.28 bits per heavy atom. The van der Waals surface area contributed by atoms with Crippen LogP contribution in [0.3, 0.4) is 0 Å². The molecule has 0 bridgehead atoms. The minimum Gasteiger partial charge on any atom is -0.496 e. The highest BCUT2D eigenvalue weighted by atomic mass is 35.5. The first-order valence-electron chi connectivity index (χ1n) is 7.15. The quantitative estimate of drug-likeness (QED) is 0.648. The van der Waals surface area contributed by atoms with Crippen LogP contribution in [0.25, 0.3) is 0 Å². The molecule has 0 spiro atoms. The van der Waals surface area contributed by atoms with E-state index in [2.05, 4.69) is 5.32 Å². The number of aliphatic hydroxyl groups excluding tert-OH is 1. The summed E-state index contributed by atoms with van der Waals surface area (Å²) in [6, 6.07) is 10.3. The topological polar surface area (TPSA) is 119 Å². The van der Waals surface area contributed by atoms with E-state index in [-0.39, 0.29) is 16.9 Å². The van der Waals surface area contributed by atoms with Gasteiger partial charge in [0.2, 0.25) is 10.0 Å². The van der Waals surface area contributed by atoms with Crippen molar-refractivity contribution in [3.8, 4) is 5.75 Å². The lowest BCUT2D eigenvalue weighted by Crippen LogP contribution is -2.36. The van der Waals surface area contributed by atoms with Gasteiger partial charge in [-0.3, -0.25) is 4.79 Å². The third-order valence-corrected chi connectivity index (χ3v) is 4.55. The van der Waals surface area contributed by atoms with E-state index in [1.807, 2.05) is 0 Å². The van der Waals surface area contributed by atoms with Crippen molar-refractivity contribution < 1.29 is 23.1 Å². The summed E-state index contributed by atoms with van der Waals surface area (Å²) in [5.41, 5.74) is 0.817. The van der Waals surface area contributed by atoms with Gasteiger partial charge in [-0.2, -0.15) is 0 Å². The van der Waals surface area contributed by atoms with Gasteiger partial charge in [0, 0.05) is 11.4 Å². The molecule has 0 saturated carbocycles. The number of hydrogen-bond acceptors (Lipinski definition) is 5. The van der Waals surface area contributed by atoms with Gasteiger partial charge in [0.05, 0.1) is 17.6 Å². The van der Waals surface area contributed by atoms with E-state index in [0.29, 0.717) is 16.3 Å². The number of halogens is 1. The van der Waals surface area contributed by atoms with Gasteiger partial charge in [0.15, 0.2) is 0 Å². The molecule has 9 heteroatoms. The number of sulfonamides is 1. The van der Waals surface area contributed by atoms with Crippen LogP contribution in [-0.4, -0.2) is 32.8 Å². The van der Waals surface area contributed by atoms with Gasteiger partial charge in [-0.05, 0) is 35.9 Å². The molecule has 25 heavy (non-hydrogen) atoms. The molecule has 0 aliphatic carbocycles. The summed E-state index contributed by atoms with van der Waals surface area (Å²) >= 11 is 5.88. The monoisotopic (exact) mass is 384 g/mol. The standard InChI is InChI=1S/C16H17ClN2O5S/c1-24-14-7-4-11(17)9-13(14)16(21)19-15(20)8-10-2-5-12(6-3-10)25(18,22)23/h2-7,9,15,20H,8H2,1H3,(H,19,21)(H2,18,22,23). The van der Waals surface area contributed by atoms with E-state index in [1.54, 1.807) is 12.1 Å². The highest BCUT2D eigenvalue weighted by Crippen LogP contribution is 2.22. The molecule has 134 valence electrons. The Balaban J connectivity index is 2.06. The van der Waals surface area contributed by atoms with Gasteiger partial charge < -0.3 is 15.2 Å². The van der Waals surface area contributed by atoms with Crippen LogP contribution in [0.4, 0.5) is 0 Å². The number of carbonyl (C=O) groups excluding carboxylic acids is 1. The normalized spacial score (nSPS) is 12.5. The average Bonchev–Trinajstić information content (AvgIpc) is 2.54. The summed E-state index contributed by atoms with van der Waals surface area (Å²) in [7, 11) is -2.35. The first kappa shape index (κ1) is 19.2. The molecule has 2 rings (SSSR count). The van der Waals surface area contributed by atoms with E-state index in [1.165, 1.54) is 37.4 Å². The summed E-state index contributed by atoms with van der Waals surface area (Å²) in [6.07, 6.45) is -1.10. The second-order valence-electron chi connectivity index (χ2n) is 5.23. The fourth-order valence-electron chi connectivity index (χ4n) is 2.18. The van der Waals surface area contributed by atoms with E-state index in [0.717, 1.165) is 0 Å². The number of benzene rings is 2. The Kier molecular flexibility index (Phi) is 6.02. The Bertz CT molecular complexity index is 869.